The molecule has 0 radical (unpaired) electrons. The number of carbonyl (C=O) groups excluding carboxylic acids is 2. The zero-order valence-electron chi connectivity index (χ0n) is 20.6. The molecule has 3 aromatic carbocycles. The second-order valence-corrected chi connectivity index (χ2v) is 10.0. The van der Waals surface area contributed by atoms with Gasteiger partial charge in [-0.1, -0.05) is 117 Å². The third-order valence-corrected chi connectivity index (χ3v) is 6.75. The van der Waals surface area contributed by atoms with Gasteiger partial charge in [-0.2, -0.15) is 0 Å². The third-order valence-electron chi connectivity index (χ3n) is 6.75. The lowest BCUT2D eigenvalue weighted by Crippen LogP contribution is -2.50. The molecule has 0 bridgehead atoms. The summed E-state index contributed by atoms with van der Waals surface area (Å²) in [5.74, 6) is -1.33. The molecular weight excluding hydrogens is 432 g/mol. The van der Waals surface area contributed by atoms with E-state index in [1.54, 1.807) is 0 Å². The van der Waals surface area contributed by atoms with Crippen LogP contribution in [0.25, 0.3) is 6.08 Å². The quantitative estimate of drug-likeness (QED) is 0.251. The van der Waals surface area contributed by atoms with E-state index in [1.165, 1.54) is 5.56 Å². The highest BCUT2D eigenvalue weighted by molar-refractivity contribution is 6.03. The number of cyclic esters (lactones) is 1. The maximum atomic E-state index is 13.7. The topological polar surface area (TPSA) is 43.4 Å². The first-order valence-corrected chi connectivity index (χ1v) is 12.5. The molecule has 3 nitrogen and oxygen atoms in total. The first-order valence-electron chi connectivity index (χ1n) is 12.5. The Kier molecular flexibility index (Phi) is 7.97. The highest BCUT2D eigenvalue weighted by Gasteiger charge is 2.49. The van der Waals surface area contributed by atoms with E-state index in [0.717, 1.165) is 17.5 Å². The molecule has 0 N–H and O–H groups in total. The Bertz CT molecular complexity index is 1120. The minimum atomic E-state index is -0.839. The Morgan fingerprint density at radius 2 is 1.49 bits per heavy atom. The van der Waals surface area contributed by atoms with Crippen LogP contribution in [0.15, 0.2) is 97.1 Å². The molecule has 35 heavy (non-hydrogen) atoms. The summed E-state index contributed by atoms with van der Waals surface area (Å²) in [6.07, 6.45) is 6.33. The van der Waals surface area contributed by atoms with Crippen LogP contribution in [0.2, 0.25) is 0 Å². The molecular formula is C32H34O3. The first kappa shape index (κ1) is 24.7. The zero-order chi connectivity index (χ0) is 24.7. The molecule has 0 aliphatic carbocycles. The Morgan fingerprint density at radius 1 is 0.886 bits per heavy atom. The van der Waals surface area contributed by atoms with Crippen molar-refractivity contribution in [2.75, 3.05) is 0 Å². The summed E-state index contributed by atoms with van der Waals surface area (Å²) in [6.45, 7) is 4.23. The molecule has 0 saturated carbocycles. The van der Waals surface area contributed by atoms with Gasteiger partial charge in [0.05, 0.1) is 0 Å². The fourth-order valence-electron chi connectivity index (χ4n) is 5.20. The molecule has 3 heteroatoms. The van der Waals surface area contributed by atoms with Crippen molar-refractivity contribution in [3.63, 3.8) is 0 Å². The van der Waals surface area contributed by atoms with E-state index in [0.29, 0.717) is 18.8 Å². The molecule has 3 atom stereocenters. The number of carbonyl (C=O) groups is 2. The van der Waals surface area contributed by atoms with Crippen LogP contribution in [-0.4, -0.2) is 17.4 Å². The minimum absolute atomic E-state index is 0.0264. The standard InChI is InChI=1S/C32H34O3/c1-24(2)22-32(21-20-26-14-8-4-9-15-26)23-29(33)30(31(34)35-32)28(27-16-10-5-11-17-27)19-18-25-12-6-3-7-13-25/h3-19,24,28,30H,20-23H2,1-2H3. The van der Waals surface area contributed by atoms with Gasteiger partial charge in [0.2, 0.25) is 0 Å². The first-order chi connectivity index (χ1) is 17.0. The van der Waals surface area contributed by atoms with Crippen molar-refractivity contribution in [1.82, 2.24) is 0 Å². The predicted molar refractivity (Wildman–Crippen MR) is 141 cm³/mol. The number of ether oxygens (including phenoxy) is 1. The van der Waals surface area contributed by atoms with Crippen LogP contribution >= 0.6 is 0 Å². The van der Waals surface area contributed by atoms with Gasteiger partial charge in [-0.3, -0.25) is 9.59 Å². The van der Waals surface area contributed by atoms with E-state index in [1.807, 2.05) is 91.0 Å². The van der Waals surface area contributed by atoms with E-state index in [9.17, 15) is 9.59 Å². The van der Waals surface area contributed by atoms with E-state index in [-0.39, 0.29) is 18.1 Å². The number of esters is 1. The largest absolute Gasteiger partial charge is 0.458 e. The smallest absolute Gasteiger partial charge is 0.318 e. The van der Waals surface area contributed by atoms with Crippen LogP contribution in [0.4, 0.5) is 0 Å². The summed E-state index contributed by atoms with van der Waals surface area (Å²) in [5, 5.41) is 0. The number of aryl methyl sites for hydroxylation is 1. The Labute approximate surface area is 208 Å². The summed E-state index contributed by atoms with van der Waals surface area (Å²) >= 11 is 0. The van der Waals surface area contributed by atoms with Gasteiger partial charge in [0.1, 0.15) is 11.5 Å². The molecule has 3 aromatic rings. The third kappa shape index (κ3) is 6.36. The van der Waals surface area contributed by atoms with Gasteiger partial charge in [-0.25, -0.2) is 0 Å². The van der Waals surface area contributed by atoms with Gasteiger partial charge in [-0.05, 0) is 41.9 Å². The molecule has 0 spiro atoms. The van der Waals surface area contributed by atoms with Crippen LogP contribution in [0.5, 0.6) is 0 Å². The van der Waals surface area contributed by atoms with Crippen LogP contribution < -0.4 is 0 Å². The summed E-state index contributed by atoms with van der Waals surface area (Å²) in [5.41, 5.74) is 2.41. The molecule has 1 fully saturated rings. The van der Waals surface area contributed by atoms with E-state index in [2.05, 4.69) is 26.0 Å². The summed E-state index contributed by atoms with van der Waals surface area (Å²) in [4.78, 5) is 27.3. The molecule has 1 heterocycles. The van der Waals surface area contributed by atoms with Gasteiger partial charge >= 0.3 is 5.97 Å². The lowest BCUT2D eigenvalue weighted by atomic mass is 9.73. The van der Waals surface area contributed by atoms with Gasteiger partial charge < -0.3 is 4.74 Å². The second kappa shape index (κ2) is 11.3. The number of hydrogen-bond donors (Lipinski definition) is 0. The molecule has 4 rings (SSSR count). The maximum Gasteiger partial charge on any atom is 0.318 e. The van der Waals surface area contributed by atoms with Gasteiger partial charge in [0.15, 0.2) is 5.78 Å². The molecule has 3 unspecified atom stereocenters. The molecule has 1 aliphatic heterocycles. The van der Waals surface area contributed by atoms with Crippen molar-refractivity contribution in [1.29, 1.82) is 0 Å². The van der Waals surface area contributed by atoms with Crippen LogP contribution in [-0.2, 0) is 20.7 Å². The Morgan fingerprint density at radius 3 is 2.09 bits per heavy atom. The van der Waals surface area contributed by atoms with Crippen LogP contribution in [0, 0.1) is 11.8 Å². The van der Waals surface area contributed by atoms with Gasteiger partial charge in [0, 0.05) is 12.3 Å². The molecule has 1 aliphatic rings. The number of allylic oxidation sites excluding steroid dienone is 1. The highest BCUT2D eigenvalue weighted by atomic mass is 16.6. The maximum absolute atomic E-state index is 13.7. The normalized spacial score (nSPS) is 21.3. The summed E-state index contributed by atoms with van der Waals surface area (Å²) in [6, 6.07) is 29.9. The van der Waals surface area contributed by atoms with Crippen molar-refractivity contribution in [2.24, 2.45) is 11.8 Å². The van der Waals surface area contributed by atoms with Gasteiger partial charge in [-0.15, -0.1) is 0 Å². The average Bonchev–Trinajstić information content (AvgIpc) is 2.86. The van der Waals surface area contributed by atoms with E-state index in [4.69, 9.17) is 4.74 Å². The second-order valence-electron chi connectivity index (χ2n) is 10.0. The fraction of sp³-hybridized carbons (Fsp3) is 0.312. The predicted octanol–water partition coefficient (Wildman–Crippen LogP) is 7.03. The number of ketones is 1. The lowest BCUT2D eigenvalue weighted by Gasteiger charge is -2.41. The monoisotopic (exact) mass is 466 g/mol. The minimum Gasteiger partial charge on any atom is -0.458 e. The van der Waals surface area contributed by atoms with Crippen LogP contribution in [0.3, 0.4) is 0 Å². The number of benzene rings is 3. The Hall–Kier alpha value is -3.46. The molecule has 0 aromatic heterocycles. The van der Waals surface area contributed by atoms with Crippen molar-refractivity contribution in [2.45, 2.75) is 51.0 Å². The number of hydrogen-bond acceptors (Lipinski definition) is 3. The molecule has 0 amide bonds. The molecule has 1 saturated heterocycles. The molecule has 180 valence electrons. The summed E-state index contributed by atoms with van der Waals surface area (Å²) < 4.78 is 6.25. The van der Waals surface area contributed by atoms with Crippen molar-refractivity contribution in [3.8, 4) is 0 Å². The highest BCUT2D eigenvalue weighted by Crippen LogP contribution is 2.41. The lowest BCUT2D eigenvalue weighted by molar-refractivity contribution is -0.180. The fourth-order valence-corrected chi connectivity index (χ4v) is 5.20. The number of rotatable bonds is 9. The average molecular weight is 467 g/mol. The van der Waals surface area contributed by atoms with Crippen molar-refractivity contribution in [3.05, 3.63) is 114 Å². The Balaban J connectivity index is 1.61. The van der Waals surface area contributed by atoms with Crippen molar-refractivity contribution < 1.29 is 14.3 Å². The summed E-state index contributed by atoms with van der Waals surface area (Å²) in [7, 11) is 0. The van der Waals surface area contributed by atoms with E-state index >= 15 is 0 Å². The SMILES string of the molecule is CC(C)CC1(CCc2ccccc2)CC(=O)C(C(C=Cc2ccccc2)c2ccccc2)C(=O)O1. The van der Waals surface area contributed by atoms with E-state index < -0.39 is 17.5 Å². The van der Waals surface area contributed by atoms with Gasteiger partial charge in [0.25, 0.3) is 0 Å². The zero-order valence-corrected chi connectivity index (χ0v) is 20.6. The number of Topliss-reactive ketones (excluding diaryl/α,β-unsaturated/α-hetero) is 1. The van der Waals surface area contributed by atoms with Crippen molar-refractivity contribution >= 4 is 17.8 Å². The van der Waals surface area contributed by atoms with Crippen LogP contribution in [0.1, 0.15) is 55.7 Å².